The van der Waals surface area contributed by atoms with Crippen LogP contribution in [-0.4, -0.2) is 27.1 Å². The van der Waals surface area contributed by atoms with Gasteiger partial charge < -0.3 is 16.3 Å². The van der Waals surface area contributed by atoms with E-state index in [0.29, 0.717) is 19.4 Å². The molecule has 7 nitrogen and oxygen atoms in total. The largest absolute Gasteiger partial charge is 0.409 e. The van der Waals surface area contributed by atoms with Crippen molar-refractivity contribution in [3.8, 4) is 0 Å². The quantitative estimate of drug-likeness (QED) is 0.217. The molecule has 0 unspecified atom stereocenters. The molecule has 0 aliphatic heterocycles. The van der Waals surface area contributed by atoms with Gasteiger partial charge in [-0.15, -0.1) is 0 Å². The molecular weight excluding hydrogens is 258 g/mol. The number of rotatable bonds is 4. The third-order valence-corrected chi connectivity index (χ3v) is 4.00. The van der Waals surface area contributed by atoms with E-state index in [1.807, 2.05) is 0 Å². The summed E-state index contributed by atoms with van der Waals surface area (Å²) in [6.07, 6.45) is 8.61. The highest BCUT2D eigenvalue weighted by atomic mass is 16.4. The fourth-order valence-corrected chi connectivity index (χ4v) is 2.75. The highest BCUT2D eigenvalue weighted by Gasteiger charge is 2.42. The van der Waals surface area contributed by atoms with Gasteiger partial charge in [-0.2, -0.15) is 5.10 Å². The minimum absolute atomic E-state index is 0.0177. The van der Waals surface area contributed by atoms with Crippen molar-refractivity contribution in [2.45, 2.75) is 45.1 Å². The predicted molar refractivity (Wildman–Crippen MR) is 74.0 cm³/mol. The monoisotopic (exact) mass is 279 g/mol. The molecule has 0 bridgehead atoms. The molecule has 0 saturated heterocycles. The van der Waals surface area contributed by atoms with Gasteiger partial charge in [-0.05, 0) is 12.8 Å². The van der Waals surface area contributed by atoms with Crippen molar-refractivity contribution in [1.82, 2.24) is 15.5 Å². The van der Waals surface area contributed by atoms with Crippen LogP contribution in [-0.2, 0) is 11.3 Å². The molecule has 0 aromatic carbocycles. The zero-order valence-electron chi connectivity index (χ0n) is 11.4. The molecule has 5 N–H and O–H groups in total. The number of carbonyl (C=O) groups excluding carboxylic acids is 1. The minimum Gasteiger partial charge on any atom is -0.409 e. The van der Waals surface area contributed by atoms with E-state index in [1.54, 1.807) is 12.4 Å². The highest BCUT2D eigenvalue weighted by molar-refractivity contribution is 6.06. The zero-order valence-corrected chi connectivity index (χ0v) is 11.4. The molecular formula is C13H21N5O2. The second-order valence-electron chi connectivity index (χ2n) is 5.27. The summed E-state index contributed by atoms with van der Waals surface area (Å²) >= 11 is 0. The van der Waals surface area contributed by atoms with Crippen molar-refractivity contribution < 1.29 is 10.0 Å². The summed E-state index contributed by atoms with van der Waals surface area (Å²) in [6, 6.07) is 0. The first-order valence-corrected chi connectivity index (χ1v) is 6.93. The van der Waals surface area contributed by atoms with Gasteiger partial charge in [0.05, 0.1) is 6.20 Å². The SMILES string of the molecule is NC(=NO)C1(C(=O)NCc2cn[nH]c2)CCCCCC1. The van der Waals surface area contributed by atoms with E-state index < -0.39 is 5.41 Å². The summed E-state index contributed by atoms with van der Waals surface area (Å²) in [5, 5.41) is 21.5. The van der Waals surface area contributed by atoms with E-state index in [-0.39, 0.29) is 11.7 Å². The van der Waals surface area contributed by atoms with Gasteiger partial charge in [0.15, 0.2) is 5.84 Å². The van der Waals surface area contributed by atoms with Gasteiger partial charge >= 0.3 is 0 Å². The molecule has 1 aliphatic carbocycles. The molecule has 20 heavy (non-hydrogen) atoms. The Morgan fingerprint density at radius 3 is 2.70 bits per heavy atom. The number of nitrogens with zero attached hydrogens (tertiary/aromatic N) is 2. The van der Waals surface area contributed by atoms with Gasteiger partial charge in [-0.1, -0.05) is 30.8 Å². The normalized spacial score (nSPS) is 19.3. The Kier molecular flexibility index (Phi) is 4.60. The van der Waals surface area contributed by atoms with E-state index in [1.165, 1.54) is 0 Å². The topological polar surface area (TPSA) is 116 Å². The lowest BCUT2D eigenvalue weighted by atomic mass is 9.78. The van der Waals surface area contributed by atoms with Crippen molar-refractivity contribution >= 4 is 11.7 Å². The summed E-state index contributed by atoms with van der Waals surface area (Å²) in [5.74, 6) is -0.153. The van der Waals surface area contributed by atoms with E-state index >= 15 is 0 Å². The average molecular weight is 279 g/mol. The summed E-state index contributed by atoms with van der Waals surface area (Å²) in [6.45, 7) is 0.385. The molecule has 0 radical (unpaired) electrons. The van der Waals surface area contributed by atoms with Crippen LogP contribution in [0.25, 0.3) is 0 Å². The van der Waals surface area contributed by atoms with Crippen LogP contribution in [0.5, 0.6) is 0 Å². The first-order valence-electron chi connectivity index (χ1n) is 6.93. The zero-order chi connectivity index (χ0) is 14.4. The molecule has 1 amide bonds. The number of aromatic nitrogens is 2. The molecule has 1 saturated carbocycles. The van der Waals surface area contributed by atoms with Crippen molar-refractivity contribution in [2.24, 2.45) is 16.3 Å². The van der Waals surface area contributed by atoms with Gasteiger partial charge in [0.25, 0.3) is 0 Å². The van der Waals surface area contributed by atoms with E-state index in [2.05, 4.69) is 20.7 Å². The maximum Gasteiger partial charge on any atom is 0.234 e. The van der Waals surface area contributed by atoms with Crippen molar-refractivity contribution in [3.05, 3.63) is 18.0 Å². The Morgan fingerprint density at radius 2 is 2.15 bits per heavy atom. The minimum atomic E-state index is -0.880. The number of nitrogens with one attached hydrogen (secondary N) is 2. The molecule has 0 atom stereocenters. The van der Waals surface area contributed by atoms with Crippen LogP contribution in [0.4, 0.5) is 0 Å². The van der Waals surface area contributed by atoms with Crippen LogP contribution in [0.1, 0.15) is 44.1 Å². The molecule has 1 aromatic heterocycles. The van der Waals surface area contributed by atoms with E-state index in [9.17, 15) is 4.79 Å². The molecule has 0 spiro atoms. The lowest BCUT2D eigenvalue weighted by Gasteiger charge is -2.29. The van der Waals surface area contributed by atoms with Gasteiger partial charge in [0, 0.05) is 18.3 Å². The van der Waals surface area contributed by atoms with Crippen molar-refractivity contribution in [3.63, 3.8) is 0 Å². The molecule has 110 valence electrons. The number of hydrogen-bond donors (Lipinski definition) is 4. The molecule has 2 rings (SSSR count). The Bertz CT molecular complexity index is 461. The maximum absolute atomic E-state index is 12.6. The van der Waals surface area contributed by atoms with Crippen LogP contribution >= 0.6 is 0 Å². The maximum atomic E-state index is 12.6. The molecule has 1 fully saturated rings. The van der Waals surface area contributed by atoms with Gasteiger partial charge in [-0.3, -0.25) is 9.89 Å². The van der Waals surface area contributed by atoms with Crippen LogP contribution in [0.3, 0.4) is 0 Å². The first kappa shape index (κ1) is 14.4. The lowest BCUT2D eigenvalue weighted by Crippen LogP contribution is -2.49. The smallest absolute Gasteiger partial charge is 0.234 e. The second kappa shape index (κ2) is 6.40. The Labute approximate surface area is 117 Å². The van der Waals surface area contributed by atoms with Crippen LogP contribution in [0, 0.1) is 5.41 Å². The molecule has 1 heterocycles. The number of carbonyl (C=O) groups is 1. The Morgan fingerprint density at radius 1 is 1.45 bits per heavy atom. The third kappa shape index (κ3) is 2.92. The third-order valence-electron chi connectivity index (χ3n) is 4.00. The number of H-pyrrole nitrogens is 1. The van der Waals surface area contributed by atoms with Crippen LogP contribution < -0.4 is 11.1 Å². The number of nitrogens with two attached hydrogens (primary N) is 1. The fourth-order valence-electron chi connectivity index (χ4n) is 2.75. The number of amidine groups is 1. The summed E-state index contributed by atoms with van der Waals surface area (Å²) in [5.41, 5.74) is 5.83. The summed E-state index contributed by atoms with van der Waals surface area (Å²) in [7, 11) is 0. The average Bonchev–Trinajstić information content (AvgIpc) is 2.86. The molecule has 1 aliphatic rings. The lowest BCUT2D eigenvalue weighted by molar-refractivity contribution is -0.128. The standard InChI is InChI=1S/C13H21N5O2/c14-11(18-20)13(5-3-1-2-4-6-13)12(19)15-7-10-8-16-17-9-10/h8-9,20H,1-7H2,(H2,14,18)(H,15,19)(H,16,17). The van der Waals surface area contributed by atoms with Crippen LogP contribution in [0.15, 0.2) is 17.5 Å². The number of oxime groups is 1. The molecule has 1 aromatic rings. The van der Waals surface area contributed by atoms with Gasteiger partial charge in [-0.25, -0.2) is 0 Å². The summed E-state index contributed by atoms with van der Waals surface area (Å²) < 4.78 is 0. The highest BCUT2D eigenvalue weighted by Crippen LogP contribution is 2.35. The van der Waals surface area contributed by atoms with Crippen molar-refractivity contribution in [2.75, 3.05) is 0 Å². The summed E-state index contributed by atoms with van der Waals surface area (Å²) in [4.78, 5) is 12.6. The first-order chi connectivity index (χ1) is 9.69. The van der Waals surface area contributed by atoms with Gasteiger partial charge in [0.1, 0.15) is 5.41 Å². The van der Waals surface area contributed by atoms with Crippen molar-refractivity contribution in [1.29, 1.82) is 0 Å². The number of aromatic amines is 1. The van der Waals surface area contributed by atoms with E-state index in [0.717, 1.165) is 31.2 Å². The van der Waals surface area contributed by atoms with Gasteiger partial charge in [0.2, 0.25) is 5.91 Å². The van der Waals surface area contributed by atoms with Crippen LogP contribution in [0.2, 0.25) is 0 Å². The van der Waals surface area contributed by atoms with E-state index in [4.69, 9.17) is 10.9 Å². The number of hydrogen-bond acceptors (Lipinski definition) is 4. The predicted octanol–water partition coefficient (Wildman–Crippen LogP) is 1.11. The Hall–Kier alpha value is -2.05. The Balaban J connectivity index is 2.11. The molecule has 7 heteroatoms. The number of amides is 1. The second-order valence-corrected chi connectivity index (χ2v) is 5.27. The fraction of sp³-hybridized carbons (Fsp3) is 0.615.